The number of nitriles is 1. The lowest BCUT2D eigenvalue weighted by Crippen LogP contribution is -2.24. The average molecular weight is 253 g/mol. The van der Waals surface area contributed by atoms with Gasteiger partial charge < -0.3 is 4.90 Å². The number of anilines is 1. The fraction of sp³-hybridized carbons (Fsp3) is 0.375. The van der Waals surface area contributed by atoms with Crippen molar-refractivity contribution in [2.75, 3.05) is 18.5 Å². The Balaban J connectivity index is 2.53. The van der Waals surface area contributed by atoms with Gasteiger partial charge in [-0.25, -0.2) is 0 Å². The van der Waals surface area contributed by atoms with E-state index in [1.54, 1.807) is 6.20 Å². The van der Waals surface area contributed by atoms with Gasteiger partial charge in [0.15, 0.2) is 0 Å². The molecule has 0 radical (unpaired) electrons. The van der Waals surface area contributed by atoms with E-state index >= 15 is 0 Å². The highest BCUT2D eigenvalue weighted by atomic mass is 15.1. The number of rotatable bonds is 4. The Hall–Kier alpha value is -2.08. The largest absolute Gasteiger partial charge is 0.373 e. The molecule has 1 atom stereocenters. The summed E-state index contributed by atoms with van der Waals surface area (Å²) in [5, 5.41) is 10.3. The molecule has 1 aromatic carbocycles. The molecule has 1 unspecified atom stereocenters. The van der Waals surface area contributed by atoms with Gasteiger partial charge in [-0.1, -0.05) is 38.5 Å². The van der Waals surface area contributed by atoms with Crippen molar-refractivity contribution in [3.8, 4) is 6.07 Å². The predicted molar refractivity (Wildman–Crippen MR) is 79.2 cm³/mol. The Morgan fingerprint density at radius 2 is 2.11 bits per heavy atom. The van der Waals surface area contributed by atoms with Crippen LogP contribution < -0.4 is 4.90 Å². The minimum atomic E-state index is 0.600. The zero-order chi connectivity index (χ0) is 13.8. The van der Waals surface area contributed by atoms with Gasteiger partial charge in [-0.15, -0.1) is 0 Å². The van der Waals surface area contributed by atoms with Crippen LogP contribution in [0.5, 0.6) is 0 Å². The Morgan fingerprint density at radius 3 is 2.79 bits per heavy atom. The summed E-state index contributed by atoms with van der Waals surface area (Å²) in [7, 11) is 2.05. The third kappa shape index (κ3) is 2.68. The predicted octanol–water partition coefficient (Wildman–Crippen LogP) is 3.59. The summed E-state index contributed by atoms with van der Waals surface area (Å²) in [4.78, 5) is 6.52. The lowest BCUT2D eigenvalue weighted by molar-refractivity contribution is 0.560. The molecule has 3 heteroatoms. The summed E-state index contributed by atoms with van der Waals surface area (Å²) in [5.74, 6) is 0.600. The quantitative estimate of drug-likeness (QED) is 0.836. The van der Waals surface area contributed by atoms with Crippen molar-refractivity contribution in [3.63, 3.8) is 0 Å². The molecule has 19 heavy (non-hydrogen) atoms. The summed E-state index contributed by atoms with van der Waals surface area (Å²) in [6.07, 6.45) is 2.81. The Kier molecular flexibility index (Phi) is 4.01. The van der Waals surface area contributed by atoms with E-state index in [0.29, 0.717) is 11.5 Å². The van der Waals surface area contributed by atoms with Gasteiger partial charge in [-0.05, 0) is 12.0 Å². The number of pyridine rings is 1. The van der Waals surface area contributed by atoms with Gasteiger partial charge in [-0.3, -0.25) is 4.98 Å². The molecular weight excluding hydrogens is 234 g/mol. The molecule has 0 amide bonds. The van der Waals surface area contributed by atoms with Crippen LogP contribution in [0.3, 0.4) is 0 Å². The number of hydrogen-bond acceptors (Lipinski definition) is 3. The molecule has 1 heterocycles. The Labute approximate surface area is 114 Å². The molecule has 0 fully saturated rings. The van der Waals surface area contributed by atoms with E-state index in [-0.39, 0.29) is 0 Å². The second kappa shape index (κ2) is 5.71. The van der Waals surface area contributed by atoms with Crippen LogP contribution in [-0.4, -0.2) is 18.6 Å². The van der Waals surface area contributed by atoms with E-state index in [1.807, 2.05) is 24.3 Å². The van der Waals surface area contributed by atoms with Crippen LogP contribution in [0, 0.1) is 17.2 Å². The standard InChI is InChI=1S/C16H19N3/c1-4-12(2)11-19(3)16-13(9-17)10-18-15-8-6-5-7-14(15)16/h5-8,10,12H,4,11H2,1-3H3. The number of nitrogens with zero attached hydrogens (tertiary/aromatic N) is 3. The lowest BCUT2D eigenvalue weighted by atomic mass is 10.1. The van der Waals surface area contributed by atoms with Crippen LogP contribution in [0.15, 0.2) is 30.5 Å². The van der Waals surface area contributed by atoms with Gasteiger partial charge in [0.2, 0.25) is 0 Å². The van der Waals surface area contributed by atoms with Crippen LogP contribution in [0.25, 0.3) is 10.9 Å². The highest BCUT2D eigenvalue weighted by Crippen LogP contribution is 2.29. The smallest absolute Gasteiger partial charge is 0.103 e. The molecule has 0 aliphatic rings. The average Bonchev–Trinajstić information content (AvgIpc) is 2.45. The van der Waals surface area contributed by atoms with Crippen LogP contribution >= 0.6 is 0 Å². The highest BCUT2D eigenvalue weighted by molar-refractivity contribution is 5.94. The zero-order valence-corrected chi connectivity index (χ0v) is 11.7. The van der Waals surface area contributed by atoms with E-state index in [1.165, 1.54) is 0 Å². The van der Waals surface area contributed by atoms with E-state index in [4.69, 9.17) is 0 Å². The Morgan fingerprint density at radius 1 is 1.37 bits per heavy atom. The fourth-order valence-electron chi connectivity index (χ4n) is 2.31. The van der Waals surface area contributed by atoms with Crippen molar-refractivity contribution in [3.05, 3.63) is 36.0 Å². The minimum absolute atomic E-state index is 0.600. The number of benzene rings is 1. The van der Waals surface area contributed by atoms with Crippen LogP contribution in [-0.2, 0) is 0 Å². The molecular formula is C16H19N3. The van der Waals surface area contributed by atoms with Gasteiger partial charge in [-0.2, -0.15) is 5.26 Å². The molecule has 1 aromatic heterocycles. The number of hydrogen-bond donors (Lipinski definition) is 0. The number of fused-ring (bicyclic) bond motifs is 1. The van der Waals surface area contributed by atoms with Crippen LogP contribution in [0.1, 0.15) is 25.8 Å². The topological polar surface area (TPSA) is 39.9 Å². The first-order valence-electron chi connectivity index (χ1n) is 6.66. The lowest BCUT2D eigenvalue weighted by Gasteiger charge is -2.25. The molecule has 2 rings (SSSR count). The second-order valence-corrected chi connectivity index (χ2v) is 5.04. The molecule has 0 saturated carbocycles. The fourth-order valence-corrected chi connectivity index (χ4v) is 2.31. The number of aromatic nitrogens is 1. The van der Waals surface area contributed by atoms with E-state index < -0.39 is 0 Å². The maximum absolute atomic E-state index is 9.30. The Bertz CT molecular complexity index is 613. The van der Waals surface area contributed by atoms with E-state index in [9.17, 15) is 5.26 Å². The first-order valence-corrected chi connectivity index (χ1v) is 6.66. The van der Waals surface area contributed by atoms with Gasteiger partial charge in [0, 0.05) is 25.2 Å². The first-order chi connectivity index (χ1) is 9.17. The summed E-state index contributed by atoms with van der Waals surface area (Å²) in [5.41, 5.74) is 2.57. The van der Waals surface area contributed by atoms with Crippen molar-refractivity contribution >= 4 is 16.6 Å². The number of para-hydroxylation sites is 1. The highest BCUT2D eigenvalue weighted by Gasteiger charge is 2.14. The maximum atomic E-state index is 9.30. The van der Waals surface area contributed by atoms with Crippen LogP contribution in [0.2, 0.25) is 0 Å². The summed E-state index contributed by atoms with van der Waals surface area (Å²) in [6.45, 7) is 5.36. The molecule has 98 valence electrons. The minimum Gasteiger partial charge on any atom is -0.373 e. The monoisotopic (exact) mass is 253 g/mol. The summed E-state index contributed by atoms with van der Waals surface area (Å²) >= 11 is 0. The molecule has 0 bridgehead atoms. The third-order valence-corrected chi connectivity index (χ3v) is 3.53. The van der Waals surface area contributed by atoms with Gasteiger partial charge in [0.1, 0.15) is 6.07 Å². The van der Waals surface area contributed by atoms with Gasteiger partial charge >= 0.3 is 0 Å². The van der Waals surface area contributed by atoms with Gasteiger partial charge in [0.25, 0.3) is 0 Å². The second-order valence-electron chi connectivity index (χ2n) is 5.04. The molecule has 0 aliphatic carbocycles. The molecule has 3 nitrogen and oxygen atoms in total. The summed E-state index contributed by atoms with van der Waals surface area (Å²) in [6, 6.07) is 10.2. The normalized spacial score (nSPS) is 12.1. The van der Waals surface area contributed by atoms with Crippen LogP contribution in [0.4, 0.5) is 5.69 Å². The van der Waals surface area contributed by atoms with Gasteiger partial charge in [0.05, 0.1) is 16.8 Å². The molecule has 0 N–H and O–H groups in total. The van der Waals surface area contributed by atoms with E-state index in [2.05, 4.69) is 36.8 Å². The van der Waals surface area contributed by atoms with Crippen molar-refractivity contribution in [1.82, 2.24) is 4.98 Å². The molecule has 2 aromatic rings. The maximum Gasteiger partial charge on any atom is 0.103 e. The molecule has 0 spiro atoms. The van der Waals surface area contributed by atoms with Crippen molar-refractivity contribution in [2.24, 2.45) is 5.92 Å². The molecule has 0 aliphatic heterocycles. The van der Waals surface area contributed by atoms with Crippen molar-refractivity contribution in [2.45, 2.75) is 20.3 Å². The SMILES string of the molecule is CCC(C)CN(C)c1c(C#N)cnc2ccccc12. The molecule has 0 saturated heterocycles. The van der Waals surface area contributed by atoms with Crippen molar-refractivity contribution in [1.29, 1.82) is 5.26 Å². The zero-order valence-electron chi connectivity index (χ0n) is 11.7. The summed E-state index contributed by atoms with van der Waals surface area (Å²) < 4.78 is 0. The van der Waals surface area contributed by atoms with Crippen molar-refractivity contribution < 1.29 is 0 Å². The first kappa shape index (κ1) is 13.4. The third-order valence-electron chi connectivity index (χ3n) is 3.53. The van der Waals surface area contributed by atoms with E-state index in [0.717, 1.165) is 29.6 Å².